The maximum absolute atomic E-state index is 12.8. The number of halogens is 4. The van der Waals surface area contributed by atoms with Crippen LogP contribution in [0.3, 0.4) is 0 Å². The zero-order valence-electron chi connectivity index (χ0n) is 13.3. The molecule has 0 spiro atoms. The van der Waals surface area contributed by atoms with E-state index in [0.29, 0.717) is 11.3 Å². The van der Waals surface area contributed by atoms with Gasteiger partial charge in [0.2, 0.25) is 3.79 Å². The molecule has 134 valence electrons. The molecule has 0 saturated carbocycles. The van der Waals surface area contributed by atoms with Crippen molar-refractivity contribution >= 4 is 73.1 Å². The molecule has 0 aliphatic carbocycles. The third-order valence-electron chi connectivity index (χ3n) is 3.77. The lowest BCUT2D eigenvalue weighted by Crippen LogP contribution is -2.49. The van der Waals surface area contributed by atoms with E-state index in [1.165, 1.54) is 0 Å². The van der Waals surface area contributed by atoms with Crippen LogP contribution in [0, 0.1) is 0 Å². The number of amides is 1. The number of benzene rings is 3. The van der Waals surface area contributed by atoms with E-state index in [2.05, 4.69) is 26.6 Å². The number of carbonyl (C=O) groups excluding carboxylic acids is 1. The number of anilines is 1. The summed E-state index contributed by atoms with van der Waals surface area (Å²) < 4.78 is -0.881. The van der Waals surface area contributed by atoms with Gasteiger partial charge in [-0.05, 0) is 35.0 Å². The van der Waals surface area contributed by atoms with Gasteiger partial charge in [0.05, 0.1) is 0 Å². The summed E-state index contributed by atoms with van der Waals surface area (Å²) in [5, 5.41) is 7.62. The lowest BCUT2D eigenvalue weighted by atomic mass is 10.0. The molecule has 3 aromatic carbocycles. The van der Waals surface area contributed by atoms with Crippen LogP contribution >= 0.6 is 50.7 Å². The number of rotatable bonds is 4. The minimum Gasteiger partial charge on any atom is -0.362 e. The van der Waals surface area contributed by atoms with Crippen molar-refractivity contribution in [2.75, 3.05) is 5.32 Å². The highest BCUT2D eigenvalue weighted by Crippen LogP contribution is 2.32. The molecule has 2 N–H and O–H groups in total. The van der Waals surface area contributed by atoms with Crippen molar-refractivity contribution in [3.05, 3.63) is 76.8 Å². The van der Waals surface area contributed by atoms with Gasteiger partial charge in [-0.15, -0.1) is 0 Å². The highest BCUT2D eigenvalue weighted by atomic mass is 79.9. The summed E-state index contributed by atoms with van der Waals surface area (Å²) in [6, 6.07) is 20.5. The normalized spacial score (nSPS) is 12.6. The van der Waals surface area contributed by atoms with Crippen molar-refractivity contribution in [1.29, 1.82) is 0 Å². The molecule has 26 heavy (non-hydrogen) atoms. The van der Waals surface area contributed by atoms with Gasteiger partial charge < -0.3 is 10.6 Å². The molecule has 0 bridgehead atoms. The smallest absolute Gasteiger partial charge is 0.253 e. The average Bonchev–Trinajstić information content (AvgIpc) is 2.60. The minimum atomic E-state index is -1.75. The lowest BCUT2D eigenvalue weighted by molar-refractivity contribution is 0.0943. The first kappa shape index (κ1) is 19.3. The molecular weight excluding hydrogens is 458 g/mol. The fourth-order valence-corrected chi connectivity index (χ4v) is 3.30. The van der Waals surface area contributed by atoms with E-state index in [1.54, 1.807) is 6.07 Å². The first-order valence-electron chi connectivity index (χ1n) is 7.72. The Labute approximate surface area is 174 Å². The molecule has 3 aromatic rings. The zero-order chi connectivity index (χ0) is 18.7. The topological polar surface area (TPSA) is 41.1 Å². The minimum absolute atomic E-state index is 0.333. The SMILES string of the molecule is O=C(N[C@@H](Nc1cccc(Br)c1)C(Cl)(Cl)Cl)c1cccc2ccccc12. The molecule has 0 fully saturated rings. The number of carbonyl (C=O) groups is 1. The Morgan fingerprint density at radius 1 is 0.962 bits per heavy atom. The standard InChI is InChI=1S/C19H14BrCl3N2O/c20-13-7-4-8-14(11-13)24-18(19(21,22)23)25-17(26)16-10-3-6-12-5-1-2-9-15(12)16/h1-11,18,24H,(H,25,26)/t18-/m1/s1. The largest absolute Gasteiger partial charge is 0.362 e. The maximum Gasteiger partial charge on any atom is 0.253 e. The van der Waals surface area contributed by atoms with Crippen LogP contribution in [-0.4, -0.2) is 15.9 Å². The van der Waals surface area contributed by atoms with E-state index in [-0.39, 0.29) is 5.91 Å². The molecular formula is C19H14BrCl3N2O. The number of nitrogens with one attached hydrogen (secondary N) is 2. The third-order valence-corrected chi connectivity index (χ3v) is 4.92. The summed E-state index contributed by atoms with van der Waals surface area (Å²) in [4.78, 5) is 12.8. The molecule has 7 heteroatoms. The predicted molar refractivity (Wildman–Crippen MR) is 113 cm³/mol. The summed E-state index contributed by atoms with van der Waals surface area (Å²) in [5.74, 6) is -0.333. The Hall–Kier alpha value is -1.46. The molecule has 0 unspecified atom stereocenters. The van der Waals surface area contributed by atoms with Crippen LogP contribution in [0.1, 0.15) is 10.4 Å². The highest BCUT2D eigenvalue weighted by molar-refractivity contribution is 9.10. The van der Waals surface area contributed by atoms with E-state index >= 15 is 0 Å². The summed E-state index contributed by atoms with van der Waals surface area (Å²) in [7, 11) is 0. The molecule has 1 atom stereocenters. The second kappa shape index (κ2) is 8.05. The van der Waals surface area contributed by atoms with E-state index in [4.69, 9.17) is 34.8 Å². The first-order chi connectivity index (χ1) is 12.3. The summed E-state index contributed by atoms with van der Waals surface area (Å²) in [6.07, 6.45) is -0.923. The summed E-state index contributed by atoms with van der Waals surface area (Å²) >= 11 is 21.6. The van der Waals surface area contributed by atoms with Crippen LogP contribution in [0.4, 0.5) is 5.69 Å². The van der Waals surface area contributed by atoms with E-state index in [9.17, 15) is 4.79 Å². The van der Waals surface area contributed by atoms with Crippen LogP contribution in [0.25, 0.3) is 10.8 Å². The lowest BCUT2D eigenvalue weighted by Gasteiger charge is -2.27. The summed E-state index contributed by atoms with van der Waals surface area (Å²) in [6.45, 7) is 0. The van der Waals surface area contributed by atoms with E-state index < -0.39 is 9.96 Å². The average molecular weight is 473 g/mol. The van der Waals surface area contributed by atoms with E-state index in [1.807, 2.05) is 60.7 Å². The fraction of sp³-hybridized carbons (Fsp3) is 0.105. The van der Waals surface area contributed by atoms with Crippen LogP contribution < -0.4 is 10.6 Å². The van der Waals surface area contributed by atoms with Gasteiger partial charge in [-0.2, -0.15) is 0 Å². The van der Waals surface area contributed by atoms with Crippen molar-refractivity contribution < 1.29 is 4.79 Å². The highest BCUT2D eigenvalue weighted by Gasteiger charge is 2.34. The number of hydrogen-bond acceptors (Lipinski definition) is 2. The van der Waals surface area contributed by atoms with Gasteiger partial charge in [-0.3, -0.25) is 4.79 Å². The van der Waals surface area contributed by atoms with Crippen molar-refractivity contribution in [2.45, 2.75) is 9.96 Å². The Kier molecular flexibility index (Phi) is 5.98. The molecule has 0 saturated heterocycles. The number of fused-ring (bicyclic) bond motifs is 1. The zero-order valence-corrected chi connectivity index (χ0v) is 17.2. The number of alkyl halides is 3. The molecule has 3 nitrogen and oxygen atoms in total. The molecule has 0 heterocycles. The van der Waals surface area contributed by atoms with Gasteiger partial charge in [0.15, 0.2) is 0 Å². The Bertz CT molecular complexity index is 938. The Morgan fingerprint density at radius 3 is 2.38 bits per heavy atom. The fourth-order valence-electron chi connectivity index (χ4n) is 2.58. The Morgan fingerprint density at radius 2 is 1.65 bits per heavy atom. The quantitative estimate of drug-likeness (QED) is 0.354. The molecule has 0 aromatic heterocycles. The molecule has 0 radical (unpaired) electrons. The second-order valence-electron chi connectivity index (χ2n) is 5.63. The van der Waals surface area contributed by atoms with Gasteiger partial charge >= 0.3 is 0 Å². The first-order valence-corrected chi connectivity index (χ1v) is 9.65. The number of hydrogen-bond donors (Lipinski definition) is 2. The summed E-state index contributed by atoms with van der Waals surface area (Å²) in [5.41, 5.74) is 1.22. The van der Waals surface area contributed by atoms with Gasteiger partial charge in [-0.1, -0.05) is 93.2 Å². The van der Waals surface area contributed by atoms with Gasteiger partial charge in [0, 0.05) is 15.7 Å². The van der Waals surface area contributed by atoms with Gasteiger partial charge in [0.1, 0.15) is 6.17 Å². The van der Waals surface area contributed by atoms with Crippen molar-refractivity contribution in [2.24, 2.45) is 0 Å². The van der Waals surface area contributed by atoms with Crippen LogP contribution in [0.5, 0.6) is 0 Å². The monoisotopic (exact) mass is 470 g/mol. The van der Waals surface area contributed by atoms with Crippen molar-refractivity contribution in [3.63, 3.8) is 0 Å². The molecule has 0 aliphatic heterocycles. The molecule has 1 amide bonds. The molecule has 0 aliphatic rings. The third kappa shape index (κ3) is 4.63. The van der Waals surface area contributed by atoms with Crippen LogP contribution in [0.2, 0.25) is 0 Å². The predicted octanol–water partition coefficient (Wildman–Crippen LogP) is 6.14. The van der Waals surface area contributed by atoms with Crippen LogP contribution in [-0.2, 0) is 0 Å². The Balaban J connectivity index is 1.88. The maximum atomic E-state index is 12.8. The van der Waals surface area contributed by atoms with Gasteiger partial charge in [0.25, 0.3) is 5.91 Å². The second-order valence-corrected chi connectivity index (χ2v) is 8.91. The van der Waals surface area contributed by atoms with E-state index in [0.717, 1.165) is 15.2 Å². The van der Waals surface area contributed by atoms with Crippen LogP contribution in [0.15, 0.2) is 71.2 Å². The molecule has 3 rings (SSSR count). The van der Waals surface area contributed by atoms with Crippen molar-refractivity contribution in [1.82, 2.24) is 5.32 Å². The van der Waals surface area contributed by atoms with Gasteiger partial charge in [-0.25, -0.2) is 0 Å². The van der Waals surface area contributed by atoms with Crippen molar-refractivity contribution in [3.8, 4) is 0 Å².